The lowest BCUT2D eigenvalue weighted by Crippen LogP contribution is -2.45. The van der Waals surface area contributed by atoms with Gasteiger partial charge in [0.15, 0.2) is 0 Å². The fraction of sp³-hybridized carbons (Fsp3) is 0.333. The van der Waals surface area contributed by atoms with Gasteiger partial charge in [0.05, 0.1) is 18.6 Å². The Morgan fingerprint density at radius 2 is 1.62 bits per heavy atom. The molecule has 0 radical (unpaired) electrons. The Kier molecular flexibility index (Phi) is 9.14. The highest BCUT2D eigenvalue weighted by atomic mass is 35.5. The number of piperidine rings is 1. The molecule has 0 atom stereocenters. The van der Waals surface area contributed by atoms with Crippen LogP contribution in [-0.2, 0) is 29.1 Å². The summed E-state index contributed by atoms with van der Waals surface area (Å²) in [4.78, 5) is 28.4. The second kappa shape index (κ2) is 13.0. The molecule has 2 aliphatic rings. The second-order valence-electron chi connectivity index (χ2n) is 11.1. The zero-order valence-electron chi connectivity index (χ0n) is 23.4. The van der Waals surface area contributed by atoms with Crippen molar-refractivity contribution in [2.24, 2.45) is 5.92 Å². The highest BCUT2D eigenvalue weighted by Crippen LogP contribution is 2.34. The van der Waals surface area contributed by atoms with Gasteiger partial charge in [-0.2, -0.15) is 0 Å². The van der Waals surface area contributed by atoms with Crippen LogP contribution in [0.1, 0.15) is 36.1 Å². The molecule has 1 saturated heterocycles. The van der Waals surface area contributed by atoms with E-state index in [0.717, 1.165) is 59.6 Å². The van der Waals surface area contributed by atoms with E-state index in [1.54, 1.807) is 6.07 Å². The van der Waals surface area contributed by atoms with Gasteiger partial charge in [0.25, 0.3) is 0 Å². The number of aromatic nitrogens is 1. The number of likely N-dealkylation sites (tertiary alicyclic amines) is 1. The van der Waals surface area contributed by atoms with Crippen LogP contribution in [0, 0.1) is 11.7 Å². The minimum Gasteiger partial charge on any atom is -0.481 e. The average molecular weight is 592 g/mol. The SMILES string of the molecule is Cl.O=C(O)CC1CCN(CC(=O)N2CCc3c(n(Cc4ccc(Oc5ccccc5)cc4)c4c(F)cccc34)C2)CC1. The largest absolute Gasteiger partial charge is 0.481 e. The van der Waals surface area contributed by atoms with Crippen molar-refractivity contribution in [1.29, 1.82) is 0 Å². The van der Waals surface area contributed by atoms with E-state index in [-0.39, 0.29) is 36.5 Å². The maximum Gasteiger partial charge on any atom is 0.303 e. The van der Waals surface area contributed by atoms with E-state index in [0.29, 0.717) is 38.1 Å². The van der Waals surface area contributed by atoms with Gasteiger partial charge in [-0.1, -0.05) is 42.5 Å². The molecule has 2 aliphatic heterocycles. The molecule has 1 N–H and O–H groups in total. The van der Waals surface area contributed by atoms with Gasteiger partial charge in [0, 0.05) is 30.6 Å². The highest BCUT2D eigenvalue weighted by molar-refractivity contribution is 5.87. The normalized spacial score (nSPS) is 15.7. The van der Waals surface area contributed by atoms with Crippen LogP contribution in [0.4, 0.5) is 4.39 Å². The number of ether oxygens (including phenoxy) is 1. The van der Waals surface area contributed by atoms with Crippen LogP contribution in [-0.4, -0.2) is 57.5 Å². The number of carbonyl (C=O) groups is 2. The summed E-state index contributed by atoms with van der Waals surface area (Å²) in [6.45, 7) is 3.32. The Labute approximate surface area is 250 Å². The Morgan fingerprint density at radius 3 is 2.33 bits per heavy atom. The molecule has 1 aromatic heterocycles. The summed E-state index contributed by atoms with van der Waals surface area (Å²) in [6.07, 6.45) is 2.47. The third-order valence-electron chi connectivity index (χ3n) is 8.35. The van der Waals surface area contributed by atoms with Crippen molar-refractivity contribution in [3.05, 3.63) is 95.4 Å². The number of amides is 1. The van der Waals surface area contributed by atoms with Crippen LogP contribution < -0.4 is 4.74 Å². The van der Waals surface area contributed by atoms with Gasteiger partial charge in [-0.25, -0.2) is 4.39 Å². The zero-order chi connectivity index (χ0) is 28.3. The van der Waals surface area contributed by atoms with Crippen molar-refractivity contribution < 1.29 is 23.8 Å². The van der Waals surface area contributed by atoms with Crippen LogP contribution in [0.5, 0.6) is 11.5 Å². The molecule has 3 heterocycles. The van der Waals surface area contributed by atoms with Crippen molar-refractivity contribution in [1.82, 2.24) is 14.4 Å². The van der Waals surface area contributed by atoms with Gasteiger partial charge in [-0.05, 0) is 79.7 Å². The minimum atomic E-state index is -0.757. The monoisotopic (exact) mass is 591 g/mol. The summed E-state index contributed by atoms with van der Waals surface area (Å²) in [6, 6.07) is 22.7. The molecule has 7 nitrogen and oxygen atoms in total. The van der Waals surface area contributed by atoms with Crippen molar-refractivity contribution >= 4 is 35.2 Å². The first kappa shape index (κ1) is 29.6. The molecule has 6 rings (SSSR count). The molecule has 4 aromatic rings. The van der Waals surface area contributed by atoms with Crippen LogP contribution >= 0.6 is 12.4 Å². The third-order valence-corrected chi connectivity index (χ3v) is 8.35. The van der Waals surface area contributed by atoms with Crippen LogP contribution in [0.3, 0.4) is 0 Å². The fourth-order valence-corrected chi connectivity index (χ4v) is 6.20. The molecular formula is C33H35ClFN3O4. The number of carboxylic acid groups (broad SMARTS) is 1. The van der Waals surface area contributed by atoms with Gasteiger partial charge in [0.2, 0.25) is 5.91 Å². The maximum absolute atomic E-state index is 15.3. The van der Waals surface area contributed by atoms with Crippen molar-refractivity contribution in [2.75, 3.05) is 26.2 Å². The predicted molar refractivity (Wildman–Crippen MR) is 162 cm³/mol. The topological polar surface area (TPSA) is 75.0 Å². The molecule has 0 aliphatic carbocycles. The molecule has 220 valence electrons. The zero-order valence-corrected chi connectivity index (χ0v) is 24.2. The summed E-state index contributed by atoms with van der Waals surface area (Å²) in [5, 5.41) is 9.99. The van der Waals surface area contributed by atoms with Gasteiger partial charge < -0.3 is 19.3 Å². The molecule has 3 aromatic carbocycles. The number of carboxylic acids is 1. The van der Waals surface area contributed by atoms with E-state index in [2.05, 4.69) is 4.90 Å². The molecular weight excluding hydrogens is 557 g/mol. The van der Waals surface area contributed by atoms with E-state index in [1.165, 1.54) is 6.07 Å². The Hall–Kier alpha value is -3.88. The summed E-state index contributed by atoms with van der Waals surface area (Å²) in [5.41, 5.74) is 3.69. The van der Waals surface area contributed by atoms with E-state index in [1.807, 2.05) is 70.1 Å². The van der Waals surface area contributed by atoms with Crippen LogP contribution in [0.2, 0.25) is 0 Å². The molecule has 42 heavy (non-hydrogen) atoms. The Bertz CT molecular complexity index is 1550. The maximum atomic E-state index is 15.3. The average Bonchev–Trinajstić information content (AvgIpc) is 3.29. The number of benzene rings is 3. The number of nitrogens with zero attached hydrogens (tertiary/aromatic N) is 3. The van der Waals surface area contributed by atoms with Gasteiger partial charge >= 0.3 is 5.97 Å². The molecule has 0 saturated carbocycles. The van der Waals surface area contributed by atoms with Crippen LogP contribution in [0.15, 0.2) is 72.8 Å². The van der Waals surface area contributed by atoms with E-state index < -0.39 is 5.97 Å². The van der Waals surface area contributed by atoms with Crippen molar-refractivity contribution in [3.63, 3.8) is 0 Å². The summed E-state index contributed by atoms with van der Waals surface area (Å²) < 4.78 is 23.2. The minimum absolute atomic E-state index is 0. The number of rotatable bonds is 8. The lowest BCUT2D eigenvalue weighted by Gasteiger charge is -2.34. The molecule has 1 fully saturated rings. The first-order chi connectivity index (χ1) is 19.9. The predicted octanol–water partition coefficient (Wildman–Crippen LogP) is 6.11. The number of fused-ring (bicyclic) bond motifs is 3. The second-order valence-corrected chi connectivity index (χ2v) is 11.1. The fourth-order valence-electron chi connectivity index (χ4n) is 6.20. The van der Waals surface area contributed by atoms with E-state index in [4.69, 9.17) is 9.84 Å². The van der Waals surface area contributed by atoms with Gasteiger partial charge in [0.1, 0.15) is 17.3 Å². The van der Waals surface area contributed by atoms with E-state index in [9.17, 15) is 9.59 Å². The standard InChI is InChI=1S/C33H34FN3O4.ClH/c34-29-8-4-7-28-27-15-18-36(31(38)22-35-16-13-23(14-17-35)19-32(39)40)21-30(27)37(33(28)29)20-24-9-11-26(12-10-24)41-25-5-2-1-3-6-25;/h1-12,23H,13-22H2,(H,39,40);1H. The number of hydrogen-bond donors (Lipinski definition) is 1. The van der Waals surface area contributed by atoms with Gasteiger partial charge in [-0.3, -0.25) is 14.5 Å². The molecule has 0 unspecified atom stereocenters. The molecule has 0 bridgehead atoms. The number of hydrogen-bond acceptors (Lipinski definition) is 4. The number of aliphatic carboxylic acids is 1. The summed E-state index contributed by atoms with van der Waals surface area (Å²) in [5.74, 6) is 0.722. The van der Waals surface area contributed by atoms with Crippen molar-refractivity contribution in [3.8, 4) is 11.5 Å². The molecule has 0 spiro atoms. The number of halogens is 2. The smallest absolute Gasteiger partial charge is 0.303 e. The Balaban J connectivity index is 0.00000353. The molecule has 1 amide bonds. The summed E-state index contributed by atoms with van der Waals surface area (Å²) >= 11 is 0. The van der Waals surface area contributed by atoms with Crippen LogP contribution in [0.25, 0.3) is 10.9 Å². The Morgan fingerprint density at radius 1 is 0.905 bits per heavy atom. The number of para-hydroxylation sites is 2. The van der Waals surface area contributed by atoms with Crippen molar-refractivity contribution in [2.45, 2.75) is 38.8 Å². The summed E-state index contributed by atoms with van der Waals surface area (Å²) in [7, 11) is 0. The lowest BCUT2D eigenvalue weighted by atomic mass is 9.93. The first-order valence-electron chi connectivity index (χ1n) is 14.3. The quantitative estimate of drug-likeness (QED) is 0.267. The molecule has 9 heteroatoms. The number of carbonyl (C=O) groups excluding carboxylic acids is 1. The first-order valence-corrected chi connectivity index (χ1v) is 14.3. The lowest BCUT2D eigenvalue weighted by molar-refractivity contribution is -0.139. The van der Waals surface area contributed by atoms with E-state index >= 15 is 4.39 Å². The highest BCUT2D eigenvalue weighted by Gasteiger charge is 2.30. The third kappa shape index (κ3) is 6.45. The van der Waals surface area contributed by atoms with Gasteiger partial charge in [-0.15, -0.1) is 12.4 Å².